The quantitative estimate of drug-likeness (QED) is 0.739. The number of imidazole rings is 1. The standard InChI is InChI=1S/C13H14FN3O3S2/c14-7-4-9(11-10(5-7)16-13(21)17-11)12(18)15-6-8-2-1-3-22(8,19)20/h4-5,8H,1-3,6H2,(H,15,18)(H2,16,17,21). The second-order valence-corrected chi connectivity index (χ2v) is 8.11. The molecule has 0 aliphatic carbocycles. The summed E-state index contributed by atoms with van der Waals surface area (Å²) in [5.41, 5.74) is 0.888. The number of fused-ring (bicyclic) bond motifs is 1. The molecule has 1 saturated heterocycles. The molecule has 2 aromatic rings. The largest absolute Gasteiger partial charge is 0.351 e. The van der Waals surface area contributed by atoms with E-state index in [0.717, 1.165) is 6.07 Å². The lowest BCUT2D eigenvalue weighted by Crippen LogP contribution is -2.34. The Labute approximate surface area is 131 Å². The van der Waals surface area contributed by atoms with Crippen LogP contribution in [0, 0.1) is 10.6 Å². The van der Waals surface area contributed by atoms with E-state index in [9.17, 15) is 17.6 Å². The van der Waals surface area contributed by atoms with Crippen molar-refractivity contribution in [1.29, 1.82) is 0 Å². The third-order valence-corrected chi connectivity index (χ3v) is 6.27. The van der Waals surface area contributed by atoms with Crippen LogP contribution in [0.25, 0.3) is 11.0 Å². The van der Waals surface area contributed by atoms with Crippen LogP contribution < -0.4 is 5.32 Å². The topological polar surface area (TPSA) is 94.8 Å². The lowest BCUT2D eigenvalue weighted by Gasteiger charge is -2.11. The molecule has 1 amide bonds. The highest BCUT2D eigenvalue weighted by Gasteiger charge is 2.31. The lowest BCUT2D eigenvalue weighted by atomic mass is 10.1. The van der Waals surface area contributed by atoms with Gasteiger partial charge in [-0.15, -0.1) is 0 Å². The molecule has 2 heterocycles. The van der Waals surface area contributed by atoms with Crippen molar-refractivity contribution in [3.63, 3.8) is 0 Å². The van der Waals surface area contributed by atoms with Crippen LogP contribution >= 0.6 is 12.2 Å². The van der Waals surface area contributed by atoms with E-state index in [-0.39, 0.29) is 22.6 Å². The first-order chi connectivity index (χ1) is 10.4. The van der Waals surface area contributed by atoms with Gasteiger partial charge in [0.1, 0.15) is 5.82 Å². The average Bonchev–Trinajstić information content (AvgIpc) is 2.96. The second kappa shape index (κ2) is 5.47. The highest BCUT2D eigenvalue weighted by molar-refractivity contribution is 7.92. The van der Waals surface area contributed by atoms with E-state index in [4.69, 9.17) is 12.2 Å². The van der Waals surface area contributed by atoms with Crippen molar-refractivity contribution in [3.05, 3.63) is 28.3 Å². The summed E-state index contributed by atoms with van der Waals surface area (Å²) in [6.45, 7) is 0.0321. The second-order valence-electron chi connectivity index (χ2n) is 5.30. The van der Waals surface area contributed by atoms with Crippen LogP contribution in [0.2, 0.25) is 0 Å². The number of carbonyl (C=O) groups is 1. The molecule has 1 fully saturated rings. The zero-order chi connectivity index (χ0) is 15.9. The zero-order valence-electron chi connectivity index (χ0n) is 11.5. The van der Waals surface area contributed by atoms with Crippen LogP contribution in [-0.4, -0.2) is 41.8 Å². The lowest BCUT2D eigenvalue weighted by molar-refractivity contribution is 0.0954. The Morgan fingerprint density at radius 2 is 2.18 bits per heavy atom. The molecule has 1 atom stereocenters. The summed E-state index contributed by atoms with van der Waals surface area (Å²) in [6, 6.07) is 2.33. The van der Waals surface area contributed by atoms with Gasteiger partial charge in [-0.3, -0.25) is 4.79 Å². The number of aromatic nitrogens is 2. The number of nitrogens with one attached hydrogen (secondary N) is 3. The molecular formula is C13H14FN3O3S2. The van der Waals surface area contributed by atoms with Gasteiger partial charge in [-0.05, 0) is 37.2 Å². The number of H-pyrrole nitrogens is 2. The summed E-state index contributed by atoms with van der Waals surface area (Å²) in [5.74, 6) is -0.948. The number of carbonyl (C=O) groups excluding carboxylic acids is 1. The molecule has 0 saturated carbocycles. The molecule has 3 N–H and O–H groups in total. The maximum absolute atomic E-state index is 13.6. The minimum absolute atomic E-state index is 0.0321. The summed E-state index contributed by atoms with van der Waals surface area (Å²) in [6.07, 6.45) is 1.14. The Morgan fingerprint density at radius 3 is 2.86 bits per heavy atom. The SMILES string of the molecule is O=C(NCC1CCCS1(=O)=O)c1cc(F)cc2[nH]c(=S)[nH]c12. The van der Waals surface area contributed by atoms with Crippen molar-refractivity contribution in [2.24, 2.45) is 0 Å². The molecular weight excluding hydrogens is 329 g/mol. The van der Waals surface area contributed by atoms with Gasteiger partial charge in [-0.25, -0.2) is 12.8 Å². The van der Waals surface area contributed by atoms with Gasteiger partial charge in [0.05, 0.1) is 27.6 Å². The fourth-order valence-corrected chi connectivity index (χ4v) is 4.65. The van der Waals surface area contributed by atoms with Gasteiger partial charge >= 0.3 is 0 Å². The number of hydrogen-bond acceptors (Lipinski definition) is 4. The predicted molar refractivity (Wildman–Crippen MR) is 82.6 cm³/mol. The fraction of sp³-hybridized carbons (Fsp3) is 0.385. The van der Waals surface area contributed by atoms with Gasteiger partial charge < -0.3 is 15.3 Å². The van der Waals surface area contributed by atoms with E-state index in [1.807, 2.05) is 0 Å². The number of benzene rings is 1. The van der Waals surface area contributed by atoms with E-state index >= 15 is 0 Å². The molecule has 1 aliphatic rings. The molecule has 118 valence electrons. The Bertz CT molecular complexity index is 901. The van der Waals surface area contributed by atoms with Crippen molar-refractivity contribution in [3.8, 4) is 0 Å². The first-order valence-corrected chi connectivity index (χ1v) is 8.90. The number of halogens is 1. The highest BCUT2D eigenvalue weighted by atomic mass is 32.2. The number of aromatic amines is 2. The smallest absolute Gasteiger partial charge is 0.253 e. The number of amides is 1. The predicted octanol–water partition coefficient (Wildman–Crippen LogP) is 1.67. The molecule has 0 radical (unpaired) electrons. The minimum atomic E-state index is -3.13. The van der Waals surface area contributed by atoms with Crippen LogP contribution in [0.5, 0.6) is 0 Å². The van der Waals surface area contributed by atoms with Gasteiger partial charge in [-0.1, -0.05) is 0 Å². The number of hydrogen-bond donors (Lipinski definition) is 3. The third-order valence-electron chi connectivity index (χ3n) is 3.79. The first kappa shape index (κ1) is 15.2. The van der Waals surface area contributed by atoms with Crippen molar-refractivity contribution in [2.45, 2.75) is 18.1 Å². The van der Waals surface area contributed by atoms with Crippen LogP contribution in [0.3, 0.4) is 0 Å². The molecule has 1 aromatic heterocycles. The summed E-state index contributed by atoms with van der Waals surface area (Å²) in [4.78, 5) is 17.8. The van der Waals surface area contributed by atoms with Gasteiger partial charge in [-0.2, -0.15) is 0 Å². The van der Waals surface area contributed by atoms with Crippen LogP contribution in [0.1, 0.15) is 23.2 Å². The van der Waals surface area contributed by atoms with Crippen molar-refractivity contribution in [2.75, 3.05) is 12.3 Å². The Balaban J connectivity index is 1.85. The summed E-state index contributed by atoms with van der Waals surface area (Å²) < 4.78 is 37.4. The summed E-state index contributed by atoms with van der Waals surface area (Å²) in [7, 11) is -3.13. The molecule has 6 nitrogen and oxygen atoms in total. The maximum Gasteiger partial charge on any atom is 0.253 e. The van der Waals surface area contributed by atoms with E-state index in [0.29, 0.717) is 23.9 Å². The van der Waals surface area contributed by atoms with E-state index < -0.39 is 26.8 Å². The Hall–Kier alpha value is -1.74. The molecule has 1 aliphatic heterocycles. The number of sulfone groups is 1. The average molecular weight is 343 g/mol. The van der Waals surface area contributed by atoms with Crippen LogP contribution in [-0.2, 0) is 9.84 Å². The van der Waals surface area contributed by atoms with E-state index in [2.05, 4.69) is 15.3 Å². The van der Waals surface area contributed by atoms with Gasteiger partial charge in [0.2, 0.25) is 0 Å². The monoisotopic (exact) mass is 343 g/mol. The molecule has 9 heteroatoms. The first-order valence-electron chi connectivity index (χ1n) is 6.78. The summed E-state index contributed by atoms with van der Waals surface area (Å²) in [5, 5.41) is 2.01. The molecule has 22 heavy (non-hydrogen) atoms. The van der Waals surface area contributed by atoms with Crippen molar-refractivity contribution >= 4 is 39.0 Å². The highest BCUT2D eigenvalue weighted by Crippen LogP contribution is 2.20. The molecule has 1 unspecified atom stereocenters. The number of rotatable bonds is 3. The van der Waals surface area contributed by atoms with Gasteiger partial charge in [0.15, 0.2) is 14.6 Å². The van der Waals surface area contributed by atoms with Gasteiger partial charge in [0, 0.05) is 6.54 Å². The maximum atomic E-state index is 13.6. The molecule has 0 bridgehead atoms. The van der Waals surface area contributed by atoms with Crippen LogP contribution in [0.4, 0.5) is 4.39 Å². The Morgan fingerprint density at radius 1 is 1.41 bits per heavy atom. The fourth-order valence-electron chi connectivity index (χ4n) is 2.68. The minimum Gasteiger partial charge on any atom is -0.351 e. The Kier molecular flexibility index (Phi) is 3.77. The van der Waals surface area contributed by atoms with E-state index in [1.165, 1.54) is 6.07 Å². The summed E-state index contributed by atoms with van der Waals surface area (Å²) >= 11 is 4.94. The van der Waals surface area contributed by atoms with Crippen LogP contribution in [0.15, 0.2) is 12.1 Å². The zero-order valence-corrected chi connectivity index (χ0v) is 13.1. The van der Waals surface area contributed by atoms with Crippen molar-refractivity contribution < 1.29 is 17.6 Å². The van der Waals surface area contributed by atoms with Gasteiger partial charge in [0.25, 0.3) is 5.91 Å². The third kappa shape index (κ3) is 2.78. The van der Waals surface area contributed by atoms with E-state index in [1.54, 1.807) is 0 Å². The van der Waals surface area contributed by atoms with Crippen molar-refractivity contribution in [1.82, 2.24) is 15.3 Å². The molecule has 3 rings (SSSR count). The molecule has 1 aromatic carbocycles. The normalized spacial score (nSPS) is 20.3. The molecule has 0 spiro atoms.